The number of nitriles is 2. The molecule has 34 heavy (non-hydrogen) atoms. The van der Waals surface area contributed by atoms with Gasteiger partial charge in [0.1, 0.15) is 5.82 Å². The normalized spacial score (nSPS) is 12.6. The maximum absolute atomic E-state index is 13.1. The third kappa shape index (κ3) is 3.38. The molecule has 0 aliphatic carbocycles. The second-order valence-electron chi connectivity index (χ2n) is 7.37. The van der Waals surface area contributed by atoms with Gasteiger partial charge >= 0.3 is 5.51 Å². The zero-order valence-corrected chi connectivity index (χ0v) is 18.4. The Morgan fingerprint density at radius 2 is 1.56 bits per heavy atom. The molecule has 0 saturated heterocycles. The van der Waals surface area contributed by atoms with Crippen LogP contribution in [0.5, 0.6) is 0 Å². The number of benzene rings is 4. The molecule has 1 atom stereocenters. The van der Waals surface area contributed by atoms with Crippen LogP contribution in [0.3, 0.4) is 0 Å². The first kappa shape index (κ1) is 21.9. The maximum atomic E-state index is 13.1. The summed E-state index contributed by atoms with van der Waals surface area (Å²) in [6.07, 6.45) is 0. The summed E-state index contributed by atoms with van der Waals surface area (Å²) in [4.78, 5) is 7.42. The van der Waals surface area contributed by atoms with E-state index in [-0.39, 0.29) is 21.8 Å². The van der Waals surface area contributed by atoms with Crippen molar-refractivity contribution in [2.24, 2.45) is 0 Å². The Hall–Kier alpha value is -3.92. The first-order valence-electron chi connectivity index (χ1n) is 9.70. The summed E-state index contributed by atoms with van der Waals surface area (Å²) in [6.45, 7) is 0. The van der Waals surface area contributed by atoms with Gasteiger partial charge < -0.3 is 4.98 Å². The second-order valence-corrected chi connectivity index (χ2v) is 9.28. The Labute approximate surface area is 197 Å². The number of alkyl halides is 3. The summed E-state index contributed by atoms with van der Waals surface area (Å²) < 4.78 is 51.3. The molecule has 5 nitrogen and oxygen atoms in total. The van der Waals surface area contributed by atoms with Gasteiger partial charge in [-0.05, 0) is 47.2 Å². The second kappa shape index (κ2) is 7.84. The fourth-order valence-corrected chi connectivity index (χ4v) is 4.89. The number of hydrogen-bond acceptors (Lipinski definition) is 4. The van der Waals surface area contributed by atoms with Gasteiger partial charge in [0.05, 0.1) is 39.9 Å². The minimum atomic E-state index is -4.90. The molecule has 1 unspecified atom stereocenters. The van der Waals surface area contributed by atoms with Gasteiger partial charge in [-0.1, -0.05) is 29.8 Å². The van der Waals surface area contributed by atoms with E-state index in [0.717, 1.165) is 6.07 Å². The largest absolute Gasteiger partial charge is 0.475 e. The van der Waals surface area contributed by atoms with E-state index < -0.39 is 16.3 Å². The molecule has 5 aromatic rings. The standard InChI is InChI=1S/C24H10ClF3N4OS/c25-14-4-6-16-18(8-14)19-9-15(34(33)24(26,27)28)5-7-17(19)22-21(16)31-23(32-22)20-12(10-29)2-1-3-13(20)11-30/h1-9H,(H,31,32). The Bertz CT molecular complexity index is 1730. The van der Waals surface area contributed by atoms with Gasteiger partial charge in [-0.3, -0.25) is 0 Å². The van der Waals surface area contributed by atoms with Gasteiger partial charge in [0.25, 0.3) is 0 Å². The number of nitrogens with one attached hydrogen (secondary N) is 1. The molecule has 0 spiro atoms. The smallest absolute Gasteiger partial charge is 0.337 e. The Balaban J connectivity index is 1.91. The van der Waals surface area contributed by atoms with Gasteiger partial charge in [0, 0.05) is 20.7 Å². The lowest BCUT2D eigenvalue weighted by Crippen LogP contribution is -2.16. The molecular weight excluding hydrogens is 485 g/mol. The fourth-order valence-electron chi connectivity index (χ4n) is 4.03. The summed E-state index contributed by atoms with van der Waals surface area (Å²) in [6, 6.07) is 17.6. The van der Waals surface area contributed by atoms with Crippen LogP contribution in [0.1, 0.15) is 11.1 Å². The summed E-state index contributed by atoms with van der Waals surface area (Å²) >= 11 is 6.19. The van der Waals surface area contributed by atoms with Crippen LogP contribution in [0.25, 0.3) is 44.0 Å². The quantitative estimate of drug-likeness (QED) is 0.281. The van der Waals surface area contributed by atoms with Crippen molar-refractivity contribution in [1.82, 2.24) is 9.97 Å². The number of halogens is 4. The van der Waals surface area contributed by atoms with E-state index in [9.17, 15) is 27.9 Å². The lowest BCUT2D eigenvalue weighted by atomic mass is 10.00. The maximum Gasteiger partial charge on any atom is 0.475 e. The zero-order valence-electron chi connectivity index (χ0n) is 16.9. The number of hydrogen-bond donors (Lipinski definition) is 1. The van der Waals surface area contributed by atoms with Crippen LogP contribution in [0.2, 0.25) is 5.02 Å². The van der Waals surface area contributed by atoms with Crippen molar-refractivity contribution in [3.05, 3.63) is 70.7 Å². The molecule has 1 heterocycles. The molecule has 4 aromatic carbocycles. The molecule has 1 N–H and O–H groups in total. The lowest BCUT2D eigenvalue weighted by Gasteiger charge is -2.10. The number of fused-ring (bicyclic) bond motifs is 6. The Morgan fingerprint density at radius 3 is 2.21 bits per heavy atom. The molecule has 1 aromatic heterocycles. The van der Waals surface area contributed by atoms with E-state index in [0.29, 0.717) is 43.2 Å². The number of rotatable bonds is 2. The minimum absolute atomic E-state index is 0.248. The van der Waals surface area contributed by atoms with Crippen LogP contribution in [0.4, 0.5) is 13.2 Å². The van der Waals surface area contributed by atoms with Crippen LogP contribution < -0.4 is 0 Å². The average Bonchev–Trinajstić information content (AvgIpc) is 3.27. The Kier molecular flexibility index (Phi) is 5.05. The lowest BCUT2D eigenvalue weighted by molar-refractivity contribution is -0.0384. The summed E-state index contributed by atoms with van der Waals surface area (Å²) in [7, 11) is -3.20. The summed E-state index contributed by atoms with van der Waals surface area (Å²) in [5, 5.41) is 21.5. The van der Waals surface area contributed by atoms with Crippen molar-refractivity contribution in [3.63, 3.8) is 0 Å². The van der Waals surface area contributed by atoms with E-state index >= 15 is 0 Å². The van der Waals surface area contributed by atoms with Crippen molar-refractivity contribution >= 4 is 55.0 Å². The Morgan fingerprint density at radius 1 is 0.912 bits per heavy atom. The fraction of sp³-hybridized carbons (Fsp3) is 0.0417. The summed E-state index contributed by atoms with van der Waals surface area (Å²) in [5.74, 6) is 0.274. The molecular formula is C24H10ClF3N4OS. The number of nitrogens with zero attached hydrogens (tertiary/aromatic N) is 3. The van der Waals surface area contributed by atoms with Crippen LogP contribution >= 0.6 is 11.6 Å². The highest BCUT2D eigenvalue weighted by molar-refractivity contribution is 7.86. The van der Waals surface area contributed by atoms with Crippen molar-refractivity contribution in [2.75, 3.05) is 0 Å². The topological polar surface area (TPSA) is 93.3 Å². The predicted octanol–water partition coefficient (Wildman–Crippen LogP) is 6.56. The van der Waals surface area contributed by atoms with Crippen LogP contribution in [0, 0.1) is 22.7 Å². The first-order chi connectivity index (χ1) is 16.2. The highest BCUT2D eigenvalue weighted by Gasteiger charge is 2.38. The number of aromatic nitrogens is 2. The van der Waals surface area contributed by atoms with Crippen LogP contribution in [0.15, 0.2) is 59.5 Å². The molecule has 166 valence electrons. The van der Waals surface area contributed by atoms with Gasteiger partial charge in [0.2, 0.25) is 0 Å². The molecule has 0 fully saturated rings. The first-order valence-corrected chi connectivity index (χ1v) is 11.2. The molecule has 0 aliphatic heterocycles. The van der Waals surface area contributed by atoms with Crippen LogP contribution in [-0.2, 0) is 10.8 Å². The number of imidazole rings is 1. The molecule has 10 heteroatoms. The number of H-pyrrole nitrogens is 1. The molecule has 0 radical (unpaired) electrons. The molecule has 5 rings (SSSR count). The molecule has 0 aliphatic rings. The van der Waals surface area contributed by atoms with Crippen molar-refractivity contribution in [3.8, 4) is 23.5 Å². The van der Waals surface area contributed by atoms with E-state index in [4.69, 9.17) is 11.6 Å². The van der Waals surface area contributed by atoms with Gasteiger partial charge in [-0.25, -0.2) is 9.19 Å². The van der Waals surface area contributed by atoms with Gasteiger partial charge in [-0.15, -0.1) is 0 Å². The monoisotopic (exact) mass is 494 g/mol. The van der Waals surface area contributed by atoms with Crippen molar-refractivity contribution < 1.29 is 17.4 Å². The molecule has 0 saturated carbocycles. The van der Waals surface area contributed by atoms with E-state index in [2.05, 4.69) is 22.1 Å². The summed E-state index contributed by atoms with van der Waals surface area (Å²) in [5.41, 5.74) is -3.08. The minimum Gasteiger partial charge on any atom is -0.337 e. The third-order valence-corrected chi connectivity index (χ3v) is 6.80. The van der Waals surface area contributed by atoms with Crippen LogP contribution in [-0.4, -0.2) is 19.7 Å². The molecule has 0 amide bonds. The predicted molar refractivity (Wildman–Crippen MR) is 123 cm³/mol. The van der Waals surface area contributed by atoms with E-state index in [1.807, 2.05) is 0 Å². The SMILES string of the molecule is N#Cc1cccc(C#N)c1-c1nc2c3ccc(Cl)cc3c3cc(S(=O)C(F)(F)F)ccc3c2[nH]1. The number of aromatic amines is 1. The van der Waals surface area contributed by atoms with Gasteiger partial charge in [0.15, 0.2) is 10.8 Å². The van der Waals surface area contributed by atoms with Crippen molar-refractivity contribution in [1.29, 1.82) is 10.5 Å². The third-order valence-electron chi connectivity index (χ3n) is 5.46. The van der Waals surface area contributed by atoms with Crippen molar-refractivity contribution in [2.45, 2.75) is 10.4 Å². The average molecular weight is 495 g/mol. The zero-order chi connectivity index (χ0) is 24.2. The van der Waals surface area contributed by atoms with E-state index in [1.54, 1.807) is 36.4 Å². The highest BCUT2D eigenvalue weighted by atomic mass is 35.5. The van der Waals surface area contributed by atoms with Gasteiger partial charge in [-0.2, -0.15) is 23.7 Å². The highest BCUT2D eigenvalue weighted by Crippen LogP contribution is 2.39. The molecule has 0 bridgehead atoms. The van der Waals surface area contributed by atoms with E-state index in [1.165, 1.54) is 12.1 Å².